The molecular formula is C17H18ClN7O4. The highest BCUT2D eigenvalue weighted by Gasteiger charge is 2.45. The fourth-order valence-electron chi connectivity index (χ4n) is 3.05. The lowest BCUT2D eigenvalue weighted by molar-refractivity contribution is -0.0501. The number of aromatic nitrogens is 4. The van der Waals surface area contributed by atoms with Crippen molar-refractivity contribution in [3.63, 3.8) is 0 Å². The van der Waals surface area contributed by atoms with Crippen LogP contribution in [-0.4, -0.2) is 66.0 Å². The normalized spacial score (nSPS) is 24.6. The number of nitrogen functional groups attached to an aromatic ring is 1. The number of imidazole rings is 1. The summed E-state index contributed by atoms with van der Waals surface area (Å²) in [5.74, 6) is 0.289. The van der Waals surface area contributed by atoms with E-state index in [1.807, 2.05) is 0 Å². The summed E-state index contributed by atoms with van der Waals surface area (Å²) >= 11 is 5.87. The Morgan fingerprint density at radius 3 is 2.69 bits per heavy atom. The second-order valence-corrected chi connectivity index (χ2v) is 6.82. The molecule has 4 atom stereocenters. The first-order valence-corrected chi connectivity index (χ1v) is 9.03. The molecule has 6 N–H and O–H groups in total. The molecule has 0 amide bonds. The Bertz CT molecular complexity index is 1040. The molecule has 1 aliphatic heterocycles. The Morgan fingerprint density at radius 2 is 2.00 bits per heavy atom. The van der Waals surface area contributed by atoms with Crippen LogP contribution in [0.5, 0.6) is 0 Å². The van der Waals surface area contributed by atoms with Crippen LogP contribution in [0.15, 0.2) is 35.7 Å². The minimum absolute atomic E-state index is 0.130. The fraction of sp³-hybridized carbons (Fsp3) is 0.294. The summed E-state index contributed by atoms with van der Waals surface area (Å²) in [7, 11) is 0. The maximum atomic E-state index is 10.4. The van der Waals surface area contributed by atoms with Crippen molar-refractivity contribution in [2.45, 2.75) is 24.5 Å². The monoisotopic (exact) mass is 419 g/mol. The minimum atomic E-state index is -1.33. The first-order chi connectivity index (χ1) is 14.0. The number of aliphatic hydroxyl groups excluding tert-OH is 3. The standard InChI is InChI=1S/C17H18ClN7O4/c18-9-3-1-8(2-4-9)5-22-24-17-23-11-14(19)20-7-21-15(11)25(17)16-13(28)12(27)10(6-26)29-16/h1-5,7,10,12-13,16,26-28H,6H2,(H,23,24)(H2,19,20,21)/t10-,12+,13+,16-/m0/s1. The topological polar surface area (TPSA) is 164 Å². The van der Waals surface area contributed by atoms with E-state index in [-0.39, 0.29) is 22.9 Å². The molecule has 0 saturated carbocycles. The number of fused-ring (bicyclic) bond motifs is 1. The molecule has 152 valence electrons. The number of aliphatic hydroxyl groups is 3. The van der Waals surface area contributed by atoms with Gasteiger partial charge in [0.2, 0.25) is 5.95 Å². The number of nitrogens with zero attached hydrogens (tertiary/aromatic N) is 5. The minimum Gasteiger partial charge on any atom is -0.394 e. The number of hydrazone groups is 1. The van der Waals surface area contributed by atoms with Crippen molar-refractivity contribution in [3.8, 4) is 0 Å². The van der Waals surface area contributed by atoms with Crippen LogP contribution in [0.1, 0.15) is 11.8 Å². The van der Waals surface area contributed by atoms with Crippen molar-refractivity contribution >= 4 is 40.7 Å². The van der Waals surface area contributed by atoms with Crippen LogP contribution in [0, 0.1) is 0 Å². The molecule has 4 rings (SSSR count). The Morgan fingerprint density at radius 1 is 1.24 bits per heavy atom. The molecule has 0 bridgehead atoms. The lowest BCUT2D eigenvalue weighted by Crippen LogP contribution is -2.33. The van der Waals surface area contributed by atoms with Crippen LogP contribution in [0.3, 0.4) is 0 Å². The maximum Gasteiger partial charge on any atom is 0.228 e. The van der Waals surface area contributed by atoms with Crippen LogP contribution in [-0.2, 0) is 4.74 Å². The molecule has 0 aliphatic carbocycles. The predicted molar refractivity (Wildman–Crippen MR) is 105 cm³/mol. The molecule has 29 heavy (non-hydrogen) atoms. The van der Waals surface area contributed by atoms with Gasteiger partial charge in [-0.3, -0.25) is 4.57 Å². The van der Waals surface area contributed by atoms with E-state index in [9.17, 15) is 15.3 Å². The van der Waals surface area contributed by atoms with Crippen molar-refractivity contribution in [2.24, 2.45) is 5.10 Å². The average molecular weight is 420 g/mol. The van der Waals surface area contributed by atoms with Gasteiger partial charge in [0.05, 0.1) is 12.8 Å². The lowest BCUT2D eigenvalue weighted by atomic mass is 10.1. The molecule has 11 nitrogen and oxygen atoms in total. The number of anilines is 2. The van der Waals surface area contributed by atoms with Gasteiger partial charge in [0.1, 0.15) is 24.6 Å². The van der Waals surface area contributed by atoms with Crippen LogP contribution >= 0.6 is 11.6 Å². The van der Waals surface area contributed by atoms with Gasteiger partial charge >= 0.3 is 0 Å². The zero-order valence-corrected chi connectivity index (χ0v) is 15.7. The molecule has 0 radical (unpaired) electrons. The molecule has 3 aromatic rings. The van der Waals surface area contributed by atoms with E-state index < -0.39 is 31.1 Å². The molecular weight excluding hydrogens is 402 g/mol. The first kappa shape index (κ1) is 19.5. The molecule has 1 aliphatic rings. The van der Waals surface area contributed by atoms with Crippen LogP contribution < -0.4 is 11.2 Å². The van der Waals surface area contributed by atoms with Gasteiger partial charge in [-0.15, -0.1) is 0 Å². The number of hydrogen-bond donors (Lipinski definition) is 5. The number of ether oxygens (including phenoxy) is 1. The third-order valence-corrected chi connectivity index (χ3v) is 4.78. The van der Waals surface area contributed by atoms with Gasteiger partial charge in [-0.2, -0.15) is 5.10 Å². The molecule has 3 heterocycles. The van der Waals surface area contributed by atoms with E-state index in [4.69, 9.17) is 22.1 Å². The van der Waals surface area contributed by atoms with Crippen LogP contribution in [0.25, 0.3) is 11.2 Å². The van der Waals surface area contributed by atoms with E-state index in [0.29, 0.717) is 5.02 Å². The Labute approximate surface area is 169 Å². The first-order valence-electron chi connectivity index (χ1n) is 8.65. The number of rotatable bonds is 5. The maximum absolute atomic E-state index is 10.4. The summed E-state index contributed by atoms with van der Waals surface area (Å²) < 4.78 is 7.02. The van der Waals surface area contributed by atoms with Crippen molar-refractivity contribution in [3.05, 3.63) is 41.2 Å². The summed E-state index contributed by atoms with van der Waals surface area (Å²) in [4.78, 5) is 12.4. The zero-order valence-electron chi connectivity index (χ0n) is 14.9. The van der Waals surface area contributed by atoms with Crippen molar-refractivity contribution < 1.29 is 20.1 Å². The quantitative estimate of drug-likeness (QED) is 0.285. The largest absolute Gasteiger partial charge is 0.394 e. The van der Waals surface area contributed by atoms with Gasteiger partial charge in [-0.25, -0.2) is 20.4 Å². The number of hydrogen-bond acceptors (Lipinski definition) is 10. The van der Waals surface area contributed by atoms with Crippen molar-refractivity contribution in [1.82, 2.24) is 19.5 Å². The number of benzene rings is 1. The second-order valence-electron chi connectivity index (χ2n) is 6.39. The number of nitrogens with two attached hydrogens (primary N) is 1. The van der Waals surface area contributed by atoms with Gasteiger partial charge in [0.25, 0.3) is 0 Å². The molecule has 1 saturated heterocycles. The van der Waals surface area contributed by atoms with Gasteiger partial charge in [-0.1, -0.05) is 23.7 Å². The fourth-order valence-corrected chi connectivity index (χ4v) is 3.18. The number of nitrogens with one attached hydrogen (secondary N) is 1. The molecule has 0 spiro atoms. The van der Waals surface area contributed by atoms with Crippen molar-refractivity contribution in [1.29, 1.82) is 0 Å². The van der Waals surface area contributed by atoms with E-state index in [1.54, 1.807) is 30.5 Å². The summed E-state index contributed by atoms with van der Waals surface area (Å²) in [6, 6.07) is 7.03. The Kier molecular flexibility index (Phi) is 5.30. The molecule has 0 unspecified atom stereocenters. The molecule has 12 heteroatoms. The average Bonchev–Trinajstić information content (AvgIpc) is 3.22. The lowest BCUT2D eigenvalue weighted by Gasteiger charge is -2.18. The summed E-state index contributed by atoms with van der Waals surface area (Å²) in [6.07, 6.45) is -1.86. The molecule has 1 aromatic carbocycles. The third-order valence-electron chi connectivity index (χ3n) is 4.53. The molecule has 1 fully saturated rings. The molecule has 2 aromatic heterocycles. The van der Waals surface area contributed by atoms with E-state index in [2.05, 4.69) is 25.5 Å². The van der Waals surface area contributed by atoms with Gasteiger partial charge in [0.15, 0.2) is 23.2 Å². The Balaban J connectivity index is 1.71. The smallest absolute Gasteiger partial charge is 0.228 e. The SMILES string of the molecule is Nc1ncnc2c1nc(NN=Cc1ccc(Cl)cc1)n2[C@H]1O[C@@H](CO)[C@@H](O)[C@H]1O. The van der Waals surface area contributed by atoms with Gasteiger partial charge in [0, 0.05) is 5.02 Å². The summed E-state index contributed by atoms with van der Waals surface area (Å²) in [6.45, 7) is -0.462. The van der Waals surface area contributed by atoms with Crippen LogP contribution in [0.4, 0.5) is 11.8 Å². The van der Waals surface area contributed by atoms with Crippen LogP contribution in [0.2, 0.25) is 5.02 Å². The highest BCUT2D eigenvalue weighted by Crippen LogP contribution is 2.35. The van der Waals surface area contributed by atoms with Gasteiger partial charge < -0.3 is 25.8 Å². The van der Waals surface area contributed by atoms with E-state index in [0.717, 1.165) is 5.56 Å². The van der Waals surface area contributed by atoms with Crippen molar-refractivity contribution in [2.75, 3.05) is 17.8 Å². The Hall–Kier alpha value is -2.83. The van der Waals surface area contributed by atoms with E-state index in [1.165, 1.54) is 10.9 Å². The third kappa shape index (κ3) is 3.61. The predicted octanol–water partition coefficient (Wildman–Crippen LogP) is 0.119. The highest BCUT2D eigenvalue weighted by atomic mass is 35.5. The summed E-state index contributed by atoms with van der Waals surface area (Å²) in [5.41, 5.74) is 9.99. The van der Waals surface area contributed by atoms with Gasteiger partial charge in [-0.05, 0) is 17.7 Å². The summed E-state index contributed by atoms with van der Waals surface area (Å²) in [5, 5.41) is 34.6. The van der Waals surface area contributed by atoms with E-state index >= 15 is 0 Å². The zero-order chi connectivity index (χ0) is 20.5. The highest BCUT2D eigenvalue weighted by molar-refractivity contribution is 6.30. The number of halogens is 1. The second kappa shape index (κ2) is 7.89.